The number of urea groups is 1. The Bertz CT molecular complexity index is 611. The van der Waals surface area contributed by atoms with Crippen molar-refractivity contribution in [2.75, 3.05) is 14.2 Å². The highest BCUT2D eigenvalue weighted by atomic mass is 35.5. The van der Waals surface area contributed by atoms with Crippen molar-refractivity contribution in [2.24, 2.45) is 5.92 Å². The molecule has 1 aromatic carbocycles. The minimum Gasteiger partial charge on any atom is -0.469 e. The normalized spacial score (nSPS) is 28.3. The average Bonchev–Trinajstić information content (AvgIpc) is 2.51. The molecule has 2 amide bonds. The van der Waals surface area contributed by atoms with Gasteiger partial charge in [0.15, 0.2) is 0 Å². The summed E-state index contributed by atoms with van der Waals surface area (Å²) in [5.41, 5.74) is -2.91. The topological polar surface area (TPSA) is 78.9 Å². The molecule has 3 atom stereocenters. The third-order valence-corrected chi connectivity index (χ3v) is 4.17. The summed E-state index contributed by atoms with van der Waals surface area (Å²) in [6.07, 6.45) is 0. The minimum atomic E-state index is -4.29. The molecular weight excluding hydrogens is 334 g/mol. The van der Waals surface area contributed by atoms with Gasteiger partial charge in [-0.15, -0.1) is 0 Å². The van der Waals surface area contributed by atoms with Gasteiger partial charge in [-0.05, 0) is 17.2 Å². The molecule has 0 radical (unpaired) electrons. The standard InChI is InChI=1S/C14H15ClF2N2O4/c1-19-12(21)18-10(8-6-4-3-5-7-8)9(11(20)23-2)13(19,22)14(15,16)17/h3-7,9-10,22H,1-2H3,(H,18,21)/t9-,10+,13+/m0/s1. The Balaban J connectivity index is 2.63. The van der Waals surface area contributed by atoms with Gasteiger partial charge in [-0.2, -0.15) is 8.78 Å². The molecule has 1 saturated heterocycles. The smallest absolute Gasteiger partial charge is 0.369 e. The molecule has 6 nitrogen and oxygen atoms in total. The Morgan fingerprint density at radius 1 is 1.43 bits per heavy atom. The van der Waals surface area contributed by atoms with E-state index in [1.54, 1.807) is 18.2 Å². The summed E-state index contributed by atoms with van der Waals surface area (Å²) in [6.45, 7) is 0. The molecule has 126 valence electrons. The lowest BCUT2D eigenvalue weighted by atomic mass is 9.81. The fourth-order valence-electron chi connectivity index (χ4n) is 2.64. The lowest BCUT2D eigenvalue weighted by molar-refractivity contribution is -0.242. The molecule has 0 unspecified atom stereocenters. The van der Waals surface area contributed by atoms with E-state index in [1.165, 1.54) is 12.1 Å². The first-order valence-electron chi connectivity index (χ1n) is 6.60. The number of carbonyl (C=O) groups is 2. The molecule has 1 aromatic rings. The van der Waals surface area contributed by atoms with Crippen molar-refractivity contribution in [3.05, 3.63) is 35.9 Å². The van der Waals surface area contributed by atoms with Gasteiger partial charge < -0.3 is 15.2 Å². The van der Waals surface area contributed by atoms with Gasteiger partial charge in [-0.3, -0.25) is 9.69 Å². The third kappa shape index (κ3) is 2.72. The lowest BCUT2D eigenvalue weighted by Gasteiger charge is -2.49. The second-order valence-corrected chi connectivity index (χ2v) is 5.60. The van der Waals surface area contributed by atoms with E-state index in [-0.39, 0.29) is 0 Å². The summed E-state index contributed by atoms with van der Waals surface area (Å²) in [6, 6.07) is 5.70. The molecule has 0 aromatic heterocycles. The van der Waals surface area contributed by atoms with Crippen LogP contribution in [-0.2, 0) is 9.53 Å². The van der Waals surface area contributed by atoms with E-state index >= 15 is 0 Å². The van der Waals surface area contributed by atoms with E-state index in [0.29, 0.717) is 10.5 Å². The molecule has 1 aliphatic rings. The molecule has 9 heteroatoms. The van der Waals surface area contributed by atoms with Gasteiger partial charge in [-0.1, -0.05) is 30.3 Å². The number of alkyl halides is 3. The van der Waals surface area contributed by atoms with Gasteiger partial charge in [0.05, 0.1) is 13.2 Å². The summed E-state index contributed by atoms with van der Waals surface area (Å²) in [7, 11) is 1.91. The van der Waals surface area contributed by atoms with Crippen LogP contribution in [0.1, 0.15) is 11.6 Å². The number of rotatable bonds is 3. The second-order valence-electron chi connectivity index (χ2n) is 5.12. The van der Waals surface area contributed by atoms with E-state index in [1.807, 2.05) is 0 Å². The van der Waals surface area contributed by atoms with Crippen molar-refractivity contribution in [3.8, 4) is 0 Å². The summed E-state index contributed by atoms with van der Waals surface area (Å²) in [5.74, 6) is -2.97. The number of esters is 1. The minimum absolute atomic E-state index is 0.307. The summed E-state index contributed by atoms with van der Waals surface area (Å²) >= 11 is 5.05. The summed E-state index contributed by atoms with van der Waals surface area (Å²) in [4.78, 5) is 24.4. The quantitative estimate of drug-likeness (QED) is 0.643. The van der Waals surface area contributed by atoms with Crippen LogP contribution in [0.2, 0.25) is 0 Å². The number of ether oxygens (including phenoxy) is 1. The lowest BCUT2D eigenvalue weighted by Crippen LogP contribution is -2.72. The number of nitrogens with one attached hydrogen (secondary N) is 1. The highest BCUT2D eigenvalue weighted by Crippen LogP contribution is 2.47. The highest BCUT2D eigenvalue weighted by molar-refractivity contribution is 6.22. The number of methoxy groups -OCH3 is 1. The van der Waals surface area contributed by atoms with Gasteiger partial charge in [0.1, 0.15) is 5.92 Å². The highest BCUT2D eigenvalue weighted by Gasteiger charge is 2.68. The van der Waals surface area contributed by atoms with Crippen LogP contribution in [-0.4, -0.2) is 47.3 Å². The predicted octanol–water partition coefficient (Wildman–Crippen LogP) is 1.69. The maximum absolute atomic E-state index is 13.9. The first-order chi connectivity index (χ1) is 10.6. The number of hydrogen-bond acceptors (Lipinski definition) is 4. The van der Waals surface area contributed by atoms with Gasteiger partial charge in [-0.25, -0.2) is 4.79 Å². The average molecular weight is 349 g/mol. The van der Waals surface area contributed by atoms with Crippen LogP contribution in [0.15, 0.2) is 30.3 Å². The van der Waals surface area contributed by atoms with Crippen molar-refractivity contribution in [1.29, 1.82) is 0 Å². The third-order valence-electron chi connectivity index (χ3n) is 3.89. The van der Waals surface area contributed by atoms with Crippen molar-refractivity contribution < 1.29 is 28.2 Å². The second kappa shape index (κ2) is 5.93. The first kappa shape index (κ1) is 17.4. The molecule has 0 aliphatic carbocycles. The van der Waals surface area contributed by atoms with Gasteiger partial charge in [0, 0.05) is 7.05 Å². The molecule has 0 bridgehead atoms. The van der Waals surface area contributed by atoms with Crippen LogP contribution in [0, 0.1) is 5.92 Å². The van der Waals surface area contributed by atoms with E-state index in [0.717, 1.165) is 14.2 Å². The monoisotopic (exact) mass is 348 g/mol. The molecular formula is C14H15ClF2N2O4. The number of carbonyl (C=O) groups excluding carboxylic acids is 2. The van der Waals surface area contributed by atoms with Crippen LogP contribution >= 0.6 is 11.6 Å². The number of nitrogens with zero attached hydrogens (tertiary/aromatic N) is 1. The Hall–Kier alpha value is -1.93. The predicted molar refractivity (Wildman–Crippen MR) is 76.7 cm³/mol. The largest absolute Gasteiger partial charge is 0.469 e. The first-order valence-corrected chi connectivity index (χ1v) is 6.98. The fraction of sp³-hybridized carbons (Fsp3) is 0.429. The Morgan fingerprint density at radius 2 is 2.00 bits per heavy atom. The van der Waals surface area contributed by atoms with E-state index in [2.05, 4.69) is 10.1 Å². The Morgan fingerprint density at radius 3 is 2.48 bits per heavy atom. The van der Waals surface area contributed by atoms with Crippen molar-refractivity contribution >= 4 is 23.6 Å². The SMILES string of the molecule is COC(=O)[C@@H]1[C@@H](c2ccccc2)NC(=O)N(C)[C@]1(O)C(F)(F)Cl. The molecule has 1 aliphatic heterocycles. The fourth-order valence-corrected chi connectivity index (χ4v) is 2.88. The van der Waals surface area contributed by atoms with Gasteiger partial charge in [0.25, 0.3) is 0 Å². The summed E-state index contributed by atoms with van der Waals surface area (Å²) < 4.78 is 32.4. The van der Waals surface area contributed by atoms with Crippen LogP contribution in [0.5, 0.6) is 0 Å². The zero-order valence-corrected chi connectivity index (χ0v) is 13.1. The molecule has 2 N–H and O–H groups in total. The molecule has 1 heterocycles. The number of aliphatic hydroxyl groups is 1. The van der Waals surface area contributed by atoms with Crippen molar-refractivity contribution in [1.82, 2.24) is 10.2 Å². The van der Waals surface area contributed by atoms with Crippen LogP contribution in [0.25, 0.3) is 0 Å². The Kier molecular flexibility index (Phi) is 4.50. The summed E-state index contributed by atoms with van der Waals surface area (Å²) in [5, 5.41) is 8.64. The van der Waals surface area contributed by atoms with Crippen molar-refractivity contribution in [3.63, 3.8) is 0 Å². The van der Waals surface area contributed by atoms with E-state index in [4.69, 9.17) is 11.6 Å². The van der Waals surface area contributed by atoms with Gasteiger partial charge in [0.2, 0.25) is 5.72 Å². The number of benzene rings is 1. The van der Waals surface area contributed by atoms with Crippen LogP contribution in [0.4, 0.5) is 13.6 Å². The van der Waals surface area contributed by atoms with E-state index < -0.39 is 35.1 Å². The molecule has 23 heavy (non-hydrogen) atoms. The van der Waals surface area contributed by atoms with Gasteiger partial charge >= 0.3 is 17.4 Å². The maximum atomic E-state index is 13.9. The molecule has 2 rings (SSSR count). The zero-order chi connectivity index (χ0) is 17.4. The zero-order valence-electron chi connectivity index (χ0n) is 12.3. The number of amides is 2. The number of hydrogen-bond donors (Lipinski definition) is 2. The number of halogens is 3. The molecule has 0 saturated carbocycles. The van der Waals surface area contributed by atoms with E-state index in [9.17, 15) is 23.5 Å². The van der Waals surface area contributed by atoms with Crippen LogP contribution < -0.4 is 5.32 Å². The van der Waals surface area contributed by atoms with Crippen molar-refractivity contribution in [2.45, 2.75) is 17.1 Å². The van der Waals surface area contributed by atoms with Crippen LogP contribution in [0.3, 0.4) is 0 Å². The molecule has 1 fully saturated rings. The molecule has 0 spiro atoms. The Labute approximate surface area is 136 Å². The maximum Gasteiger partial charge on any atom is 0.369 e.